The van der Waals surface area contributed by atoms with E-state index in [-0.39, 0.29) is 6.79 Å². The third-order valence-electron chi connectivity index (χ3n) is 5.43. The fraction of sp³-hybridized carbons (Fsp3) is 0.455. The highest BCUT2D eigenvalue weighted by molar-refractivity contribution is 5.57. The van der Waals surface area contributed by atoms with Crippen molar-refractivity contribution in [3.63, 3.8) is 0 Å². The van der Waals surface area contributed by atoms with Crippen LogP contribution >= 0.6 is 0 Å². The normalized spacial score (nSPS) is 19.5. The van der Waals surface area contributed by atoms with Crippen LogP contribution in [0.15, 0.2) is 36.4 Å². The Kier molecular flexibility index (Phi) is 5.23. The molecule has 1 atom stereocenters. The lowest BCUT2D eigenvalue weighted by atomic mass is 9.92. The average molecular weight is 368 g/mol. The van der Waals surface area contributed by atoms with E-state index in [0.29, 0.717) is 12.0 Å². The van der Waals surface area contributed by atoms with Gasteiger partial charge in [-0.1, -0.05) is 44.2 Å². The number of hydrogen-bond donors (Lipinski definition) is 1. The van der Waals surface area contributed by atoms with Crippen LogP contribution in [-0.4, -0.2) is 38.4 Å². The molecular formula is C22H28N2O3. The first-order valence-electron chi connectivity index (χ1n) is 9.67. The molecule has 0 unspecified atom stereocenters. The molecule has 27 heavy (non-hydrogen) atoms. The summed E-state index contributed by atoms with van der Waals surface area (Å²) in [5, 5.41) is 3.70. The van der Waals surface area contributed by atoms with Crippen molar-refractivity contribution in [3.05, 3.63) is 53.1 Å². The molecule has 2 heterocycles. The molecule has 0 spiro atoms. The molecular weight excluding hydrogens is 340 g/mol. The SMILES string of the molecule is COc1ccc(CN2CCN[C@H](c3ccccc3C(C)C)C2)c2c1OCO2. The van der Waals surface area contributed by atoms with Crippen molar-refractivity contribution < 1.29 is 14.2 Å². The summed E-state index contributed by atoms with van der Waals surface area (Å²) < 4.78 is 16.7. The summed E-state index contributed by atoms with van der Waals surface area (Å²) in [4.78, 5) is 2.49. The van der Waals surface area contributed by atoms with Gasteiger partial charge in [0.25, 0.3) is 0 Å². The number of nitrogens with zero attached hydrogens (tertiary/aromatic N) is 1. The minimum atomic E-state index is 0.259. The molecule has 2 aromatic carbocycles. The molecule has 5 heteroatoms. The van der Waals surface area contributed by atoms with E-state index in [1.165, 1.54) is 11.1 Å². The molecule has 1 fully saturated rings. The van der Waals surface area contributed by atoms with Crippen LogP contribution in [0.2, 0.25) is 0 Å². The molecule has 2 aliphatic heterocycles. The highest BCUT2D eigenvalue weighted by Gasteiger charge is 2.27. The van der Waals surface area contributed by atoms with Crippen LogP contribution < -0.4 is 19.5 Å². The smallest absolute Gasteiger partial charge is 0.231 e. The van der Waals surface area contributed by atoms with Crippen molar-refractivity contribution in [3.8, 4) is 17.2 Å². The van der Waals surface area contributed by atoms with Gasteiger partial charge < -0.3 is 19.5 Å². The van der Waals surface area contributed by atoms with Gasteiger partial charge in [0.15, 0.2) is 11.5 Å². The van der Waals surface area contributed by atoms with Gasteiger partial charge in [0.05, 0.1) is 7.11 Å². The Morgan fingerprint density at radius 1 is 1.15 bits per heavy atom. The predicted molar refractivity (Wildman–Crippen MR) is 106 cm³/mol. The van der Waals surface area contributed by atoms with Gasteiger partial charge in [0.2, 0.25) is 12.5 Å². The maximum absolute atomic E-state index is 5.73. The topological polar surface area (TPSA) is 43.0 Å². The van der Waals surface area contributed by atoms with Crippen LogP contribution in [-0.2, 0) is 6.54 Å². The molecule has 2 aromatic rings. The third kappa shape index (κ3) is 3.62. The van der Waals surface area contributed by atoms with Gasteiger partial charge in [-0.3, -0.25) is 4.90 Å². The second-order valence-corrected chi connectivity index (χ2v) is 7.52. The van der Waals surface area contributed by atoms with Gasteiger partial charge in [-0.25, -0.2) is 0 Å². The van der Waals surface area contributed by atoms with E-state index in [9.17, 15) is 0 Å². The largest absolute Gasteiger partial charge is 0.493 e. The molecule has 0 amide bonds. The van der Waals surface area contributed by atoms with Gasteiger partial charge in [-0.05, 0) is 23.1 Å². The lowest BCUT2D eigenvalue weighted by molar-refractivity contribution is 0.166. The molecule has 1 saturated heterocycles. The first-order valence-corrected chi connectivity index (χ1v) is 9.67. The molecule has 0 radical (unpaired) electrons. The Morgan fingerprint density at radius 3 is 2.78 bits per heavy atom. The van der Waals surface area contributed by atoms with Crippen molar-refractivity contribution >= 4 is 0 Å². The van der Waals surface area contributed by atoms with E-state index in [1.807, 2.05) is 6.07 Å². The van der Waals surface area contributed by atoms with E-state index >= 15 is 0 Å². The van der Waals surface area contributed by atoms with Crippen molar-refractivity contribution in [2.75, 3.05) is 33.5 Å². The molecule has 144 valence electrons. The first kappa shape index (κ1) is 18.1. The Hall–Kier alpha value is -2.24. The highest BCUT2D eigenvalue weighted by Crippen LogP contribution is 2.43. The van der Waals surface area contributed by atoms with E-state index in [0.717, 1.165) is 49.0 Å². The van der Waals surface area contributed by atoms with E-state index in [1.54, 1.807) is 7.11 Å². The number of rotatable bonds is 5. The molecule has 0 aliphatic carbocycles. The number of hydrogen-bond acceptors (Lipinski definition) is 5. The number of methoxy groups -OCH3 is 1. The second kappa shape index (κ2) is 7.79. The first-order chi connectivity index (χ1) is 13.2. The van der Waals surface area contributed by atoms with Gasteiger partial charge in [0.1, 0.15) is 0 Å². The van der Waals surface area contributed by atoms with Crippen molar-refractivity contribution in [2.45, 2.75) is 32.4 Å². The Labute approximate surface area is 161 Å². The second-order valence-electron chi connectivity index (χ2n) is 7.52. The Balaban J connectivity index is 1.53. The molecule has 0 bridgehead atoms. The van der Waals surface area contributed by atoms with E-state index in [2.05, 4.69) is 54.4 Å². The van der Waals surface area contributed by atoms with Crippen LogP contribution in [0.5, 0.6) is 17.2 Å². The zero-order chi connectivity index (χ0) is 18.8. The zero-order valence-corrected chi connectivity index (χ0v) is 16.3. The quantitative estimate of drug-likeness (QED) is 0.872. The molecule has 2 aliphatic rings. The molecule has 5 nitrogen and oxygen atoms in total. The summed E-state index contributed by atoms with van der Waals surface area (Å²) in [5.74, 6) is 2.81. The minimum Gasteiger partial charge on any atom is -0.493 e. The highest BCUT2D eigenvalue weighted by atomic mass is 16.7. The van der Waals surface area contributed by atoms with Crippen molar-refractivity contribution in [1.82, 2.24) is 10.2 Å². The maximum Gasteiger partial charge on any atom is 0.231 e. The summed E-state index contributed by atoms with van der Waals surface area (Å²) in [5.41, 5.74) is 4.00. The van der Waals surface area contributed by atoms with Crippen LogP contribution in [0.25, 0.3) is 0 Å². The van der Waals surface area contributed by atoms with Gasteiger partial charge in [0, 0.05) is 37.8 Å². The summed E-state index contributed by atoms with van der Waals surface area (Å²) in [7, 11) is 1.66. The lowest BCUT2D eigenvalue weighted by Gasteiger charge is -2.35. The summed E-state index contributed by atoms with van der Waals surface area (Å²) in [6, 6.07) is 13.2. The third-order valence-corrected chi connectivity index (χ3v) is 5.43. The summed E-state index contributed by atoms with van der Waals surface area (Å²) in [6.45, 7) is 8.60. The van der Waals surface area contributed by atoms with Crippen LogP contribution in [0.3, 0.4) is 0 Å². The monoisotopic (exact) mass is 368 g/mol. The van der Waals surface area contributed by atoms with Gasteiger partial charge in [-0.15, -0.1) is 0 Å². The van der Waals surface area contributed by atoms with Crippen LogP contribution in [0.4, 0.5) is 0 Å². The average Bonchev–Trinajstić information content (AvgIpc) is 3.19. The maximum atomic E-state index is 5.73. The lowest BCUT2D eigenvalue weighted by Crippen LogP contribution is -2.45. The Morgan fingerprint density at radius 2 is 1.96 bits per heavy atom. The molecule has 0 saturated carbocycles. The van der Waals surface area contributed by atoms with Crippen molar-refractivity contribution in [1.29, 1.82) is 0 Å². The number of piperazine rings is 1. The van der Waals surface area contributed by atoms with Crippen molar-refractivity contribution in [2.24, 2.45) is 0 Å². The zero-order valence-electron chi connectivity index (χ0n) is 16.3. The number of benzene rings is 2. The summed E-state index contributed by atoms with van der Waals surface area (Å²) in [6.07, 6.45) is 0. The fourth-order valence-corrected chi connectivity index (χ4v) is 4.07. The number of fused-ring (bicyclic) bond motifs is 1. The minimum absolute atomic E-state index is 0.259. The standard InChI is InChI=1S/C22H28N2O3/c1-15(2)17-6-4-5-7-18(17)19-13-24(11-10-23-19)12-16-8-9-20(25-3)22-21(16)26-14-27-22/h4-9,15,19,23H,10-14H2,1-3H3/t19-/m0/s1. The molecule has 1 N–H and O–H groups in total. The summed E-state index contributed by atoms with van der Waals surface area (Å²) >= 11 is 0. The van der Waals surface area contributed by atoms with Crippen LogP contribution in [0.1, 0.15) is 42.5 Å². The Bertz CT molecular complexity index is 806. The number of nitrogens with one attached hydrogen (secondary N) is 1. The van der Waals surface area contributed by atoms with E-state index in [4.69, 9.17) is 14.2 Å². The van der Waals surface area contributed by atoms with Gasteiger partial charge >= 0.3 is 0 Å². The number of ether oxygens (including phenoxy) is 3. The molecule has 4 rings (SSSR count). The van der Waals surface area contributed by atoms with Crippen LogP contribution in [0, 0.1) is 0 Å². The molecule has 0 aromatic heterocycles. The van der Waals surface area contributed by atoms with E-state index < -0.39 is 0 Å². The predicted octanol–water partition coefficient (Wildman–Crippen LogP) is 3.69. The fourth-order valence-electron chi connectivity index (χ4n) is 4.07. The van der Waals surface area contributed by atoms with Gasteiger partial charge in [-0.2, -0.15) is 0 Å².